The van der Waals surface area contributed by atoms with E-state index in [1.807, 2.05) is 0 Å². The number of hydrogen-bond donors (Lipinski definition) is 2. The van der Waals surface area contributed by atoms with Crippen LogP contribution in [0.4, 0.5) is 5.69 Å². The molecule has 7 nitrogen and oxygen atoms in total. The molecule has 1 aromatic rings. The van der Waals surface area contributed by atoms with Crippen molar-refractivity contribution in [2.24, 2.45) is 0 Å². The van der Waals surface area contributed by atoms with Crippen LogP contribution in [-0.4, -0.2) is 27.4 Å². The minimum atomic E-state index is -1.09. The predicted octanol–water partition coefficient (Wildman–Crippen LogP) is 2.23. The summed E-state index contributed by atoms with van der Waals surface area (Å²) in [5, 5.41) is 22.2. The molecule has 0 aliphatic heterocycles. The van der Waals surface area contributed by atoms with E-state index in [1.165, 1.54) is 26.0 Å². The molecule has 0 saturated carbocycles. The Labute approximate surface area is 119 Å². The molecule has 0 heterocycles. The molecule has 0 saturated heterocycles. The number of amides is 1. The molecule has 1 aromatic carbocycles. The first-order chi connectivity index (χ1) is 9.12. The Morgan fingerprint density at radius 1 is 1.45 bits per heavy atom. The number of nitrogens with zero attached hydrogens (tertiary/aromatic N) is 1. The van der Waals surface area contributed by atoms with Gasteiger partial charge in [0.2, 0.25) is 0 Å². The summed E-state index contributed by atoms with van der Waals surface area (Å²) in [6.07, 6.45) is -0.312. The maximum Gasteiger partial charge on any atom is 0.305 e. The third-order valence-electron chi connectivity index (χ3n) is 2.45. The van der Waals surface area contributed by atoms with Crippen LogP contribution in [0.15, 0.2) is 18.2 Å². The van der Waals surface area contributed by atoms with Gasteiger partial charge in [-0.25, -0.2) is 0 Å². The molecule has 0 radical (unpaired) electrons. The van der Waals surface area contributed by atoms with Crippen LogP contribution in [0.5, 0.6) is 0 Å². The minimum absolute atomic E-state index is 0.178. The highest BCUT2D eigenvalue weighted by molar-refractivity contribution is 6.31. The van der Waals surface area contributed by atoms with Crippen molar-refractivity contribution in [1.82, 2.24) is 5.32 Å². The Morgan fingerprint density at radius 2 is 2.05 bits per heavy atom. The zero-order valence-corrected chi connectivity index (χ0v) is 11.6. The molecule has 0 aliphatic carbocycles. The Morgan fingerprint density at radius 3 is 2.55 bits per heavy atom. The van der Waals surface area contributed by atoms with Gasteiger partial charge in [-0.3, -0.25) is 19.7 Å². The lowest BCUT2D eigenvalue weighted by Crippen LogP contribution is -2.45. The van der Waals surface area contributed by atoms with E-state index in [0.29, 0.717) is 0 Å². The van der Waals surface area contributed by atoms with Crippen molar-refractivity contribution in [3.05, 3.63) is 38.9 Å². The largest absolute Gasteiger partial charge is 0.481 e. The molecule has 0 bridgehead atoms. The van der Waals surface area contributed by atoms with Gasteiger partial charge in [0.15, 0.2) is 0 Å². The summed E-state index contributed by atoms with van der Waals surface area (Å²) in [6, 6.07) is 3.60. The van der Waals surface area contributed by atoms with E-state index in [1.54, 1.807) is 0 Å². The van der Waals surface area contributed by atoms with E-state index >= 15 is 0 Å². The number of nitro benzene ring substituents is 1. The third-order valence-corrected chi connectivity index (χ3v) is 2.68. The van der Waals surface area contributed by atoms with Gasteiger partial charge >= 0.3 is 5.97 Å². The number of hydrogen-bond acceptors (Lipinski definition) is 4. The van der Waals surface area contributed by atoms with Gasteiger partial charge in [-0.15, -0.1) is 0 Å². The van der Waals surface area contributed by atoms with Crippen LogP contribution in [-0.2, 0) is 4.79 Å². The number of carbonyl (C=O) groups is 2. The van der Waals surface area contributed by atoms with Crippen LogP contribution in [0, 0.1) is 10.1 Å². The van der Waals surface area contributed by atoms with Crippen LogP contribution in [0.3, 0.4) is 0 Å². The quantitative estimate of drug-likeness (QED) is 0.640. The number of nitrogens with one attached hydrogen (secondary N) is 1. The van der Waals surface area contributed by atoms with Gasteiger partial charge in [0.1, 0.15) is 5.56 Å². The molecule has 20 heavy (non-hydrogen) atoms. The monoisotopic (exact) mass is 300 g/mol. The highest BCUT2D eigenvalue weighted by atomic mass is 35.5. The molecule has 0 fully saturated rings. The fourth-order valence-electron chi connectivity index (χ4n) is 1.65. The fraction of sp³-hybridized carbons (Fsp3) is 0.333. The number of carboxylic acid groups (broad SMARTS) is 1. The molecule has 0 atom stereocenters. The number of halogens is 1. The van der Waals surface area contributed by atoms with E-state index in [4.69, 9.17) is 16.7 Å². The Kier molecular flexibility index (Phi) is 4.67. The highest BCUT2D eigenvalue weighted by Crippen LogP contribution is 2.23. The summed E-state index contributed by atoms with van der Waals surface area (Å²) in [6.45, 7) is 3.02. The topological polar surface area (TPSA) is 110 Å². The predicted molar refractivity (Wildman–Crippen MR) is 71.9 cm³/mol. The first kappa shape index (κ1) is 15.9. The Bertz CT molecular complexity index is 571. The smallest absolute Gasteiger partial charge is 0.305 e. The molecule has 108 valence electrons. The van der Waals surface area contributed by atoms with Crippen molar-refractivity contribution in [1.29, 1.82) is 0 Å². The minimum Gasteiger partial charge on any atom is -0.481 e. The summed E-state index contributed by atoms with van der Waals surface area (Å²) in [4.78, 5) is 32.9. The number of carbonyl (C=O) groups excluding carboxylic acids is 1. The second-order valence-corrected chi connectivity index (χ2v) is 5.26. The standard InChI is InChI=1S/C12H13ClN2O5/c1-12(2,6-10(16)17)14-11(18)8-5-7(13)3-4-9(8)15(19)20/h3-5H,6H2,1-2H3,(H,14,18)(H,16,17). The maximum absolute atomic E-state index is 12.1. The molecule has 8 heteroatoms. The van der Waals surface area contributed by atoms with Crippen molar-refractivity contribution in [2.75, 3.05) is 0 Å². The average Bonchev–Trinajstić information content (AvgIpc) is 2.25. The molecule has 0 aromatic heterocycles. The summed E-state index contributed by atoms with van der Waals surface area (Å²) < 4.78 is 0. The number of nitro groups is 1. The molecule has 1 rings (SSSR count). The first-order valence-corrected chi connectivity index (χ1v) is 5.98. The van der Waals surface area contributed by atoms with Crippen LogP contribution >= 0.6 is 11.6 Å². The van der Waals surface area contributed by atoms with Crippen LogP contribution in [0.1, 0.15) is 30.6 Å². The molecular weight excluding hydrogens is 288 g/mol. The molecule has 2 N–H and O–H groups in total. The highest BCUT2D eigenvalue weighted by Gasteiger charge is 2.28. The van der Waals surface area contributed by atoms with Gasteiger partial charge in [0.25, 0.3) is 11.6 Å². The van der Waals surface area contributed by atoms with Crippen molar-refractivity contribution < 1.29 is 19.6 Å². The van der Waals surface area contributed by atoms with Crippen molar-refractivity contribution in [3.63, 3.8) is 0 Å². The maximum atomic E-state index is 12.1. The Balaban J connectivity index is 3.06. The zero-order valence-electron chi connectivity index (χ0n) is 10.8. The number of aliphatic carboxylic acids is 1. The summed E-state index contributed by atoms with van der Waals surface area (Å²) in [5.74, 6) is -1.83. The third kappa shape index (κ3) is 4.20. The van der Waals surface area contributed by atoms with Crippen LogP contribution in [0.25, 0.3) is 0 Å². The summed E-state index contributed by atoms with van der Waals surface area (Å²) >= 11 is 5.72. The number of carboxylic acids is 1. The Hall–Kier alpha value is -2.15. The molecule has 0 aliphatic rings. The van der Waals surface area contributed by atoms with Crippen LogP contribution in [0.2, 0.25) is 5.02 Å². The van der Waals surface area contributed by atoms with Crippen molar-refractivity contribution in [2.45, 2.75) is 25.8 Å². The zero-order chi connectivity index (χ0) is 15.5. The van der Waals surface area contributed by atoms with E-state index in [-0.39, 0.29) is 17.0 Å². The molecule has 1 amide bonds. The van der Waals surface area contributed by atoms with Gasteiger partial charge in [-0.05, 0) is 26.0 Å². The van der Waals surface area contributed by atoms with Crippen molar-refractivity contribution >= 4 is 29.2 Å². The fourth-order valence-corrected chi connectivity index (χ4v) is 1.82. The summed E-state index contributed by atoms with van der Waals surface area (Å²) in [5.41, 5.74) is -1.64. The van der Waals surface area contributed by atoms with E-state index in [9.17, 15) is 19.7 Å². The van der Waals surface area contributed by atoms with Gasteiger partial charge in [-0.2, -0.15) is 0 Å². The second-order valence-electron chi connectivity index (χ2n) is 4.83. The van der Waals surface area contributed by atoms with Crippen LogP contribution < -0.4 is 5.32 Å². The second kappa shape index (κ2) is 5.87. The molecular formula is C12H13ClN2O5. The van der Waals surface area contributed by atoms with Gasteiger partial charge < -0.3 is 10.4 Å². The average molecular weight is 301 g/mol. The lowest BCUT2D eigenvalue weighted by Gasteiger charge is -2.24. The molecule has 0 spiro atoms. The van der Waals surface area contributed by atoms with Crippen molar-refractivity contribution in [3.8, 4) is 0 Å². The lowest BCUT2D eigenvalue weighted by atomic mass is 10.00. The van der Waals surface area contributed by atoms with E-state index in [2.05, 4.69) is 5.32 Å². The van der Waals surface area contributed by atoms with Gasteiger partial charge in [0, 0.05) is 16.6 Å². The van der Waals surface area contributed by atoms with Gasteiger partial charge in [0.05, 0.1) is 11.3 Å². The first-order valence-electron chi connectivity index (χ1n) is 5.60. The normalized spacial score (nSPS) is 10.9. The summed E-state index contributed by atoms with van der Waals surface area (Å²) in [7, 11) is 0. The number of rotatable bonds is 5. The van der Waals surface area contributed by atoms with E-state index in [0.717, 1.165) is 6.07 Å². The number of benzene rings is 1. The molecule has 0 unspecified atom stereocenters. The van der Waals surface area contributed by atoms with Gasteiger partial charge in [-0.1, -0.05) is 11.6 Å². The lowest BCUT2D eigenvalue weighted by molar-refractivity contribution is -0.385. The SMILES string of the molecule is CC(C)(CC(=O)O)NC(=O)c1cc(Cl)ccc1[N+](=O)[O-]. The van der Waals surface area contributed by atoms with E-state index < -0.39 is 28.0 Å².